The van der Waals surface area contributed by atoms with E-state index >= 15 is 0 Å². The van der Waals surface area contributed by atoms with Crippen molar-refractivity contribution >= 4 is 21.8 Å². The molecule has 1 rings (SSSR count). The second kappa shape index (κ2) is 3.78. The van der Waals surface area contributed by atoms with Gasteiger partial charge in [-0.05, 0) is 12.1 Å². The van der Waals surface area contributed by atoms with E-state index in [-0.39, 0.29) is 0 Å². The smallest absolute Gasteiger partial charge is 0.207 e. The molecule has 0 unspecified atom stereocenters. The minimum atomic E-state index is -4.98. The molecule has 0 saturated carbocycles. The van der Waals surface area contributed by atoms with Gasteiger partial charge in [0.1, 0.15) is 17.4 Å². The zero-order valence-corrected chi connectivity index (χ0v) is 8.17. The maximum Gasteiger partial charge on any atom is 0.306 e. The Bertz CT molecular complexity index is 458. The Morgan fingerprint density at radius 3 is 2.36 bits per heavy atom. The molecule has 0 aliphatic carbocycles. The summed E-state index contributed by atoms with van der Waals surface area (Å²) in [5, 5.41) is -0.454. The van der Waals surface area contributed by atoms with Gasteiger partial charge in [-0.2, -0.15) is 8.42 Å². The zero-order valence-electron chi connectivity index (χ0n) is 6.60. The third kappa shape index (κ3) is 2.62. The molecule has 0 fully saturated rings. The number of benzene rings is 1. The molecule has 78 valence electrons. The summed E-state index contributed by atoms with van der Waals surface area (Å²) in [5.74, 6) is -3.76. The van der Waals surface area contributed by atoms with Gasteiger partial charge in [-0.3, -0.25) is 0 Å². The van der Waals surface area contributed by atoms with Gasteiger partial charge in [0, 0.05) is 5.56 Å². The average Bonchev–Trinajstić information content (AvgIpc) is 2.04. The van der Waals surface area contributed by atoms with Crippen molar-refractivity contribution in [1.82, 2.24) is 0 Å². The highest BCUT2D eigenvalue weighted by molar-refractivity contribution is 7.85. The molecule has 1 aromatic rings. The third-order valence-electron chi connectivity index (χ3n) is 1.46. The fraction of sp³-hybridized carbons (Fsp3) is 0.143. The molecular weight excluding hydrogens is 241 g/mol. The Hall–Kier alpha value is -0.750. The predicted octanol–water partition coefficient (Wildman–Crippen LogP) is 2.42. The molecule has 14 heavy (non-hydrogen) atoms. The maximum absolute atomic E-state index is 13.0. The van der Waals surface area contributed by atoms with Crippen LogP contribution in [0.5, 0.6) is 0 Å². The summed E-state index contributed by atoms with van der Waals surface area (Å²) in [6, 6.07) is 1.69. The van der Waals surface area contributed by atoms with E-state index in [9.17, 15) is 21.1 Å². The molecule has 0 aliphatic rings. The molecule has 0 spiro atoms. The van der Waals surface area contributed by atoms with Crippen LogP contribution in [0.2, 0.25) is 5.02 Å². The lowest BCUT2D eigenvalue weighted by Gasteiger charge is -2.02. The van der Waals surface area contributed by atoms with E-state index in [1.165, 1.54) is 0 Å². The molecule has 7 heteroatoms. The lowest BCUT2D eigenvalue weighted by Crippen LogP contribution is -2.02. The van der Waals surface area contributed by atoms with Crippen LogP contribution >= 0.6 is 11.6 Å². The van der Waals surface area contributed by atoms with Gasteiger partial charge in [-0.25, -0.2) is 8.78 Å². The van der Waals surface area contributed by atoms with Crippen molar-refractivity contribution in [3.8, 4) is 0 Å². The van der Waals surface area contributed by atoms with Crippen LogP contribution in [0.4, 0.5) is 12.7 Å². The van der Waals surface area contributed by atoms with Gasteiger partial charge in [0.25, 0.3) is 0 Å². The summed E-state index contributed by atoms with van der Waals surface area (Å²) in [7, 11) is -4.98. The summed E-state index contributed by atoms with van der Waals surface area (Å²) in [6.45, 7) is 0. The van der Waals surface area contributed by atoms with Crippen LogP contribution in [0.25, 0.3) is 0 Å². The molecule has 0 aliphatic heterocycles. The van der Waals surface area contributed by atoms with Gasteiger partial charge < -0.3 is 0 Å². The van der Waals surface area contributed by atoms with Crippen molar-refractivity contribution in [3.63, 3.8) is 0 Å². The first-order valence-corrected chi connectivity index (χ1v) is 5.29. The molecule has 0 heterocycles. The van der Waals surface area contributed by atoms with E-state index in [1.54, 1.807) is 0 Å². The maximum atomic E-state index is 13.0. The first kappa shape index (κ1) is 11.3. The second-order valence-electron chi connectivity index (χ2n) is 2.50. The molecule has 0 aromatic heterocycles. The van der Waals surface area contributed by atoms with Crippen LogP contribution in [0, 0.1) is 11.6 Å². The molecule has 0 saturated heterocycles. The van der Waals surface area contributed by atoms with E-state index in [0.29, 0.717) is 0 Å². The first-order chi connectivity index (χ1) is 6.31. The quantitative estimate of drug-likeness (QED) is 0.591. The number of halogens is 4. The Balaban J connectivity index is 3.27. The largest absolute Gasteiger partial charge is 0.306 e. The summed E-state index contributed by atoms with van der Waals surface area (Å²) in [5.41, 5.74) is -0.889. The van der Waals surface area contributed by atoms with Gasteiger partial charge in [0.05, 0.1) is 5.02 Å². The summed E-state index contributed by atoms with van der Waals surface area (Å²) in [6.07, 6.45) is 0. The lowest BCUT2D eigenvalue weighted by molar-refractivity contribution is 0.534. The standard InChI is InChI=1S/C7H4ClF3O2S/c8-5-1-2-6(9)4(7(5)10)3-14(11,12)13/h1-2H,3H2. The predicted molar refractivity (Wildman–Crippen MR) is 45.1 cm³/mol. The van der Waals surface area contributed by atoms with Crippen molar-refractivity contribution < 1.29 is 21.1 Å². The van der Waals surface area contributed by atoms with Crippen molar-refractivity contribution in [2.24, 2.45) is 0 Å². The molecule has 2 nitrogen and oxygen atoms in total. The zero-order chi connectivity index (χ0) is 10.9. The fourth-order valence-electron chi connectivity index (χ4n) is 0.874. The topological polar surface area (TPSA) is 34.1 Å². The highest BCUT2D eigenvalue weighted by atomic mass is 35.5. The van der Waals surface area contributed by atoms with E-state index in [1.807, 2.05) is 0 Å². The monoisotopic (exact) mass is 244 g/mol. The van der Waals surface area contributed by atoms with Crippen molar-refractivity contribution in [2.75, 3.05) is 0 Å². The van der Waals surface area contributed by atoms with E-state index in [4.69, 9.17) is 11.6 Å². The molecule has 0 bridgehead atoms. The lowest BCUT2D eigenvalue weighted by atomic mass is 10.2. The van der Waals surface area contributed by atoms with Crippen LogP contribution in [0.1, 0.15) is 5.56 Å². The number of rotatable bonds is 2. The molecule has 0 amide bonds. The number of hydrogen-bond donors (Lipinski definition) is 0. The van der Waals surface area contributed by atoms with Crippen molar-refractivity contribution in [2.45, 2.75) is 5.75 Å². The van der Waals surface area contributed by atoms with Gasteiger partial charge >= 0.3 is 10.2 Å². The van der Waals surface area contributed by atoms with Crippen LogP contribution in [-0.4, -0.2) is 8.42 Å². The fourth-order valence-corrected chi connectivity index (χ4v) is 1.66. The van der Waals surface area contributed by atoms with Crippen molar-refractivity contribution in [3.05, 3.63) is 34.4 Å². The molecule has 0 radical (unpaired) electrons. The molecule has 0 atom stereocenters. The van der Waals surface area contributed by atoms with Crippen LogP contribution in [-0.2, 0) is 16.0 Å². The van der Waals surface area contributed by atoms with Crippen LogP contribution in [0.3, 0.4) is 0 Å². The normalized spacial score (nSPS) is 11.7. The van der Waals surface area contributed by atoms with Crippen LogP contribution < -0.4 is 0 Å². The van der Waals surface area contributed by atoms with Gasteiger partial charge in [0.2, 0.25) is 0 Å². The summed E-state index contributed by atoms with van der Waals surface area (Å²) < 4.78 is 58.3. The van der Waals surface area contributed by atoms with E-state index in [2.05, 4.69) is 0 Å². The molecule has 0 N–H and O–H groups in total. The molecule has 1 aromatic carbocycles. The molecular formula is C7H4ClF3O2S. The Morgan fingerprint density at radius 1 is 1.29 bits per heavy atom. The minimum Gasteiger partial charge on any atom is -0.207 e. The van der Waals surface area contributed by atoms with Gasteiger partial charge in [-0.1, -0.05) is 11.6 Å². The van der Waals surface area contributed by atoms with Crippen LogP contribution in [0.15, 0.2) is 12.1 Å². The summed E-state index contributed by atoms with van der Waals surface area (Å²) >= 11 is 5.26. The average molecular weight is 245 g/mol. The highest BCUT2D eigenvalue weighted by Gasteiger charge is 2.19. The van der Waals surface area contributed by atoms with Crippen molar-refractivity contribution in [1.29, 1.82) is 0 Å². The minimum absolute atomic E-state index is 0.454. The highest BCUT2D eigenvalue weighted by Crippen LogP contribution is 2.23. The Labute approximate surface area is 83.5 Å². The van der Waals surface area contributed by atoms with Gasteiger partial charge in [-0.15, -0.1) is 3.89 Å². The summed E-state index contributed by atoms with van der Waals surface area (Å²) in [4.78, 5) is 0. The Morgan fingerprint density at radius 2 is 1.86 bits per heavy atom. The third-order valence-corrected chi connectivity index (χ3v) is 2.38. The van der Waals surface area contributed by atoms with E-state index in [0.717, 1.165) is 12.1 Å². The first-order valence-electron chi connectivity index (χ1n) is 3.36. The Kier molecular flexibility index (Phi) is 3.06. The number of hydrogen-bond acceptors (Lipinski definition) is 2. The van der Waals surface area contributed by atoms with E-state index < -0.39 is 38.2 Å². The SMILES string of the molecule is O=S(=O)(F)Cc1c(F)ccc(Cl)c1F. The second-order valence-corrected chi connectivity index (χ2v) is 4.28. The van der Waals surface area contributed by atoms with Gasteiger partial charge in [0.15, 0.2) is 0 Å².